The van der Waals surface area contributed by atoms with Gasteiger partial charge in [-0.15, -0.1) is 0 Å². The van der Waals surface area contributed by atoms with E-state index in [0.717, 1.165) is 12.1 Å². The molecule has 0 saturated carbocycles. The van der Waals surface area contributed by atoms with Gasteiger partial charge in [-0.3, -0.25) is 20.2 Å². The molecule has 0 amide bonds. The van der Waals surface area contributed by atoms with E-state index in [1.54, 1.807) is 0 Å². The molecule has 0 saturated heterocycles. The molecule has 0 aliphatic rings. The Morgan fingerprint density at radius 1 is 0.688 bits per heavy atom. The molecular weight excluding hydrogens is 467 g/mol. The Labute approximate surface area is 191 Å². The van der Waals surface area contributed by atoms with E-state index in [-0.39, 0.29) is 44.4 Å². The van der Waals surface area contributed by atoms with E-state index >= 15 is 0 Å². The highest BCUT2D eigenvalue weighted by Gasteiger charge is 2.21. The fourth-order valence-electron chi connectivity index (χ4n) is 2.65. The molecule has 0 aromatic heterocycles. The predicted octanol–water partition coefficient (Wildman–Crippen LogP) is 6.41. The van der Waals surface area contributed by atoms with Gasteiger partial charge in [-0.25, -0.2) is 0 Å². The minimum Gasteiger partial charge on any atom is -0.496 e. The Morgan fingerprint density at radius 3 is 1.69 bits per heavy atom. The zero-order valence-corrected chi connectivity index (χ0v) is 18.0. The third kappa shape index (κ3) is 4.93. The number of halogens is 2. The molecule has 0 heterocycles. The normalized spacial score (nSPS) is 10.4. The third-order valence-corrected chi connectivity index (χ3v) is 4.68. The second kappa shape index (κ2) is 9.58. The molecule has 0 fully saturated rings. The largest absolute Gasteiger partial charge is 0.496 e. The van der Waals surface area contributed by atoms with Gasteiger partial charge in [-0.2, -0.15) is 0 Å². The van der Waals surface area contributed by atoms with Gasteiger partial charge in [-0.1, -0.05) is 23.2 Å². The first kappa shape index (κ1) is 22.9. The molecule has 0 N–H and O–H groups in total. The summed E-state index contributed by atoms with van der Waals surface area (Å²) in [5.74, 6) is 0.985. The maximum Gasteiger partial charge on any atom is 0.272 e. The van der Waals surface area contributed by atoms with Gasteiger partial charge in [0.05, 0.1) is 34.1 Å². The molecule has 12 heteroatoms. The van der Waals surface area contributed by atoms with Gasteiger partial charge in [0.15, 0.2) is 17.2 Å². The van der Waals surface area contributed by atoms with Crippen molar-refractivity contribution in [2.75, 3.05) is 14.2 Å². The van der Waals surface area contributed by atoms with Crippen LogP contribution in [-0.4, -0.2) is 24.1 Å². The van der Waals surface area contributed by atoms with Crippen molar-refractivity contribution in [3.05, 3.63) is 78.8 Å². The smallest absolute Gasteiger partial charge is 0.272 e. The van der Waals surface area contributed by atoms with Crippen LogP contribution in [0.15, 0.2) is 48.5 Å². The summed E-state index contributed by atoms with van der Waals surface area (Å²) in [6.45, 7) is 0. The van der Waals surface area contributed by atoms with Crippen molar-refractivity contribution in [2.45, 2.75) is 0 Å². The summed E-state index contributed by atoms with van der Waals surface area (Å²) in [4.78, 5) is 20.7. The van der Waals surface area contributed by atoms with Crippen LogP contribution in [0.1, 0.15) is 0 Å². The Hall–Kier alpha value is -3.76. The average Bonchev–Trinajstić information content (AvgIpc) is 2.76. The second-order valence-electron chi connectivity index (χ2n) is 6.11. The average molecular weight is 481 g/mol. The van der Waals surface area contributed by atoms with Crippen LogP contribution < -0.4 is 18.9 Å². The molecule has 0 atom stereocenters. The molecule has 0 spiro atoms. The van der Waals surface area contributed by atoms with Crippen LogP contribution >= 0.6 is 23.2 Å². The van der Waals surface area contributed by atoms with Gasteiger partial charge in [0.25, 0.3) is 11.4 Å². The Kier molecular flexibility index (Phi) is 6.86. The lowest BCUT2D eigenvalue weighted by molar-refractivity contribution is -0.385. The Morgan fingerprint density at radius 2 is 1.22 bits per heavy atom. The van der Waals surface area contributed by atoms with Crippen molar-refractivity contribution in [2.24, 2.45) is 0 Å². The topological polar surface area (TPSA) is 123 Å². The van der Waals surface area contributed by atoms with Gasteiger partial charge in [-0.05, 0) is 12.1 Å². The summed E-state index contributed by atoms with van der Waals surface area (Å²) in [6.07, 6.45) is 0. The lowest BCUT2D eigenvalue weighted by Gasteiger charge is -2.17. The molecule has 32 heavy (non-hydrogen) atoms. The summed E-state index contributed by atoms with van der Waals surface area (Å²) in [5.41, 5.74) is -0.395. The molecular formula is C20H14Cl2N2O8. The van der Waals surface area contributed by atoms with E-state index in [0.29, 0.717) is 11.5 Å². The van der Waals surface area contributed by atoms with Gasteiger partial charge in [0, 0.05) is 36.4 Å². The highest BCUT2D eigenvalue weighted by molar-refractivity contribution is 6.37. The SMILES string of the molecule is COc1cc(Oc2ccc([N+](=O)[O-])cc2)c(OC)c(Oc2c(Cl)cc([N+](=O)[O-])cc2Cl)c1. The molecule has 3 rings (SSSR count). The number of nitrogens with zero attached hydrogens (tertiary/aromatic N) is 2. The number of non-ortho nitro benzene ring substituents is 2. The quantitative estimate of drug-likeness (QED) is 0.267. The number of rotatable bonds is 8. The standard InChI is InChI=1S/C20H14Cl2N2O8/c1-29-14-9-17(31-13-5-3-11(4-6-13)23(25)26)20(30-2)18(10-14)32-19-15(21)7-12(24(27)28)8-16(19)22/h3-10H,1-2H3. The molecule has 0 aliphatic carbocycles. The van der Waals surface area contributed by atoms with Crippen LogP contribution in [0, 0.1) is 20.2 Å². The first-order valence-corrected chi connectivity index (χ1v) is 9.48. The number of nitro benzene ring substituents is 2. The third-order valence-electron chi connectivity index (χ3n) is 4.12. The van der Waals surface area contributed by atoms with Crippen molar-refractivity contribution in [1.82, 2.24) is 0 Å². The molecule has 3 aromatic carbocycles. The van der Waals surface area contributed by atoms with E-state index in [9.17, 15) is 20.2 Å². The molecule has 0 unspecified atom stereocenters. The number of methoxy groups -OCH3 is 2. The van der Waals surface area contributed by atoms with Crippen molar-refractivity contribution < 1.29 is 28.8 Å². The van der Waals surface area contributed by atoms with Crippen LogP contribution in [0.2, 0.25) is 10.0 Å². The Balaban J connectivity index is 2.02. The van der Waals surface area contributed by atoms with Gasteiger partial charge in [0.1, 0.15) is 11.5 Å². The van der Waals surface area contributed by atoms with Crippen molar-refractivity contribution in [3.8, 4) is 34.5 Å². The van der Waals surface area contributed by atoms with Crippen LogP contribution in [0.5, 0.6) is 34.5 Å². The highest BCUT2D eigenvalue weighted by Crippen LogP contribution is 2.47. The van der Waals surface area contributed by atoms with E-state index in [2.05, 4.69) is 0 Å². The van der Waals surface area contributed by atoms with Crippen LogP contribution in [0.4, 0.5) is 11.4 Å². The molecule has 10 nitrogen and oxygen atoms in total. The fraction of sp³-hybridized carbons (Fsp3) is 0.100. The summed E-state index contributed by atoms with van der Waals surface area (Å²) >= 11 is 12.3. The van der Waals surface area contributed by atoms with E-state index in [4.69, 9.17) is 42.1 Å². The van der Waals surface area contributed by atoms with E-state index in [1.165, 1.54) is 50.6 Å². The van der Waals surface area contributed by atoms with Gasteiger partial charge < -0.3 is 18.9 Å². The first-order valence-electron chi connectivity index (χ1n) is 8.73. The Bertz CT molecular complexity index is 1160. The second-order valence-corrected chi connectivity index (χ2v) is 6.92. The van der Waals surface area contributed by atoms with Gasteiger partial charge >= 0.3 is 0 Å². The van der Waals surface area contributed by atoms with Crippen LogP contribution in [-0.2, 0) is 0 Å². The van der Waals surface area contributed by atoms with E-state index in [1.807, 2.05) is 0 Å². The lowest BCUT2D eigenvalue weighted by Crippen LogP contribution is -1.97. The summed E-state index contributed by atoms with van der Waals surface area (Å²) < 4.78 is 22.3. The molecule has 166 valence electrons. The molecule has 0 aliphatic heterocycles. The minimum atomic E-state index is -0.635. The number of benzene rings is 3. The summed E-state index contributed by atoms with van der Waals surface area (Å²) in [7, 11) is 2.80. The molecule has 0 bridgehead atoms. The van der Waals surface area contributed by atoms with Crippen molar-refractivity contribution >= 4 is 34.6 Å². The predicted molar refractivity (Wildman–Crippen MR) is 116 cm³/mol. The fourth-order valence-corrected chi connectivity index (χ4v) is 3.20. The van der Waals surface area contributed by atoms with Crippen LogP contribution in [0.25, 0.3) is 0 Å². The van der Waals surface area contributed by atoms with Crippen molar-refractivity contribution in [3.63, 3.8) is 0 Å². The number of hydrogen-bond donors (Lipinski definition) is 0. The minimum absolute atomic E-state index is 0.0354. The summed E-state index contributed by atoms with van der Waals surface area (Å²) in [5, 5.41) is 21.6. The highest BCUT2D eigenvalue weighted by atomic mass is 35.5. The maximum absolute atomic E-state index is 11.0. The lowest BCUT2D eigenvalue weighted by atomic mass is 10.2. The summed E-state index contributed by atoms with van der Waals surface area (Å²) in [6, 6.07) is 10.6. The van der Waals surface area contributed by atoms with Crippen LogP contribution in [0.3, 0.4) is 0 Å². The maximum atomic E-state index is 11.0. The van der Waals surface area contributed by atoms with Gasteiger partial charge in [0.2, 0.25) is 5.75 Å². The number of nitro groups is 2. The van der Waals surface area contributed by atoms with E-state index < -0.39 is 9.85 Å². The number of hydrogen-bond acceptors (Lipinski definition) is 8. The monoisotopic (exact) mass is 480 g/mol. The molecule has 3 aromatic rings. The zero-order chi connectivity index (χ0) is 23.4. The zero-order valence-electron chi connectivity index (χ0n) is 16.5. The first-order chi connectivity index (χ1) is 15.2. The molecule has 0 radical (unpaired) electrons. The number of ether oxygens (including phenoxy) is 4. The van der Waals surface area contributed by atoms with Crippen molar-refractivity contribution in [1.29, 1.82) is 0 Å².